The lowest BCUT2D eigenvalue weighted by Gasteiger charge is -2.14. The van der Waals surface area contributed by atoms with E-state index in [4.69, 9.17) is 0 Å². The number of nitrogens with zero attached hydrogens (tertiary/aromatic N) is 1. The quantitative estimate of drug-likeness (QED) is 0.329. The Morgan fingerprint density at radius 3 is 1.70 bits per heavy atom. The lowest BCUT2D eigenvalue weighted by Crippen LogP contribution is -2.12. The minimum atomic E-state index is 0.799. The van der Waals surface area contributed by atoms with Gasteiger partial charge in [-0.25, -0.2) is 0 Å². The zero-order valence-corrected chi connectivity index (χ0v) is 18.0. The average Bonchev–Trinajstić information content (AvgIpc) is 3.23. The average molecular weight is 422 g/mol. The number of para-hydroxylation sites is 1. The van der Waals surface area contributed by atoms with Gasteiger partial charge in [0.05, 0.1) is 11.0 Å². The first kappa shape index (κ1) is 19.6. The van der Waals surface area contributed by atoms with Gasteiger partial charge in [0, 0.05) is 16.5 Å². The third kappa shape index (κ3) is 3.43. The Morgan fingerprint density at radius 1 is 0.485 bits per heavy atom. The van der Waals surface area contributed by atoms with Crippen molar-refractivity contribution in [3.8, 4) is 27.9 Å². The summed E-state index contributed by atoms with van der Waals surface area (Å²) in [7, 11) is 1.16. The molecule has 1 radical (unpaired) electrons. The topological polar surface area (TPSA) is 25.2 Å². The summed E-state index contributed by atoms with van der Waals surface area (Å²) < 4.78 is 2.32. The fourth-order valence-electron chi connectivity index (χ4n) is 4.68. The molecule has 0 aliphatic carbocycles. The van der Waals surface area contributed by atoms with E-state index in [1.54, 1.807) is 0 Å². The van der Waals surface area contributed by atoms with E-state index < -0.39 is 0 Å². The van der Waals surface area contributed by atoms with Crippen molar-refractivity contribution in [3.05, 3.63) is 121 Å². The molecule has 5 aromatic carbocycles. The van der Waals surface area contributed by atoms with Crippen molar-refractivity contribution in [3.63, 3.8) is 0 Å². The number of rotatable bonds is 4. The Morgan fingerprint density at radius 2 is 1.06 bits per heavy atom. The van der Waals surface area contributed by atoms with Crippen LogP contribution in [-0.4, -0.2) is 17.1 Å². The van der Waals surface area contributed by atoms with Gasteiger partial charge in [-0.15, -0.1) is 0 Å². The van der Waals surface area contributed by atoms with Crippen molar-refractivity contribution >= 4 is 34.8 Å². The van der Waals surface area contributed by atoms with Crippen molar-refractivity contribution in [2.24, 2.45) is 0 Å². The number of fused-ring (bicyclic) bond motifs is 3. The highest BCUT2D eigenvalue weighted by atomic mass is 16.2. The molecule has 0 fully saturated rings. The van der Waals surface area contributed by atoms with E-state index in [2.05, 4.69) is 102 Å². The number of benzene rings is 5. The highest BCUT2D eigenvalue weighted by Gasteiger charge is 2.15. The van der Waals surface area contributed by atoms with Crippen LogP contribution in [0.25, 0.3) is 49.7 Å². The van der Waals surface area contributed by atoms with Gasteiger partial charge < -0.3 is 9.59 Å². The summed E-state index contributed by atoms with van der Waals surface area (Å²) in [5.41, 5.74) is 8.91. The van der Waals surface area contributed by atoms with Crippen molar-refractivity contribution in [2.75, 3.05) is 0 Å². The molecule has 0 unspecified atom stereocenters. The van der Waals surface area contributed by atoms with Gasteiger partial charge in [-0.2, -0.15) is 0 Å². The molecule has 0 atom stereocenters. The van der Waals surface area contributed by atoms with Crippen LogP contribution >= 0.6 is 0 Å². The largest absolute Gasteiger partial charge is 0.450 e. The Balaban J connectivity index is 1.68. The van der Waals surface area contributed by atoms with E-state index in [1.807, 2.05) is 24.3 Å². The van der Waals surface area contributed by atoms with Crippen LogP contribution in [0.15, 0.2) is 121 Å². The molecule has 33 heavy (non-hydrogen) atoms. The van der Waals surface area contributed by atoms with Gasteiger partial charge in [0.25, 0.3) is 0 Å². The first-order chi connectivity index (χ1) is 16.3. The maximum atomic E-state index is 9.59. The standard InChI is InChI=1S/C30H21BNO/c33-31-25-15-16-30-28(20-25)27-13-7-8-14-29(27)32(30)26-18-23(21-9-3-1-4-10-21)17-24(19-26)22-11-5-2-6-12-22/h1-20,33H. The van der Waals surface area contributed by atoms with Crippen LogP contribution < -0.4 is 5.46 Å². The SMILES string of the molecule is O[B]c1ccc2c(c1)c1ccccc1n2-c1cc(-c2ccccc2)cc(-c2ccccc2)c1. The predicted molar refractivity (Wildman–Crippen MR) is 139 cm³/mol. The Bertz CT molecular complexity index is 1530. The van der Waals surface area contributed by atoms with Crippen LogP contribution in [0.3, 0.4) is 0 Å². The van der Waals surface area contributed by atoms with Crippen LogP contribution in [0.2, 0.25) is 0 Å². The first-order valence-electron chi connectivity index (χ1n) is 11.1. The highest BCUT2D eigenvalue weighted by Crippen LogP contribution is 2.35. The second-order valence-electron chi connectivity index (χ2n) is 8.26. The molecule has 0 aliphatic rings. The van der Waals surface area contributed by atoms with Gasteiger partial charge >= 0.3 is 7.48 Å². The van der Waals surface area contributed by atoms with Gasteiger partial charge in [0.1, 0.15) is 0 Å². The van der Waals surface area contributed by atoms with Gasteiger partial charge in [-0.3, -0.25) is 0 Å². The third-order valence-corrected chi connectivity index (χ3v) is 6.24. The molecule has 6 rings (SSSR count). The molecule has 1 heterocycles. The Hall–Kier alpha value is -4.08. The predicted octanol–water partition coefficient (Wildman–Crippen LogP) is 6.35. The zero-order chi connectivity index (χ0) is 22.2. The fraction of sp³-hybridized carbons (Fsp3) is 0. The summed E-state index contributed by atoms with van der Waals surface area (Å²) >= 11 is 0. The molecule has 1 N–H and O–H groups in total. The van der Waals surface area contributed by atoms with Crippen molar-refractivity contribution in [1.82, 2.24) is 4.57 Å². The molecule has 0 amide bonds. The monoisotopic (exact) mass is 422 g/mol. The summed E-state index contributed by atoms with van der Waals surface area (Å²) in [5, 5.41) is 11.9. The van der Waals surface area contributed by atoms with Gasteiger partial charge in [-0.05, 0) is 52.6 Å². The maximum Gasteiger partial charge on any atom is 0.326 e. The normalized spacial score (nSPS) is 11.2. The maximum absolute atomic E-state index is 9.59. The third-order valence-electron chi connectivity index (χ3n) is 6.24. The zero-order valence-electron chi connectivity index (χ0n) is 18.0. The lowest BCUT2D eigenvalue weighted by molar-refractivity contribution is 0.615. The molecule has 1 aromatic heterocycles. The minimum absolute atomic E-state index is 0.799. The van der Waals surface area contributed by atoms with E-state index >= 15 is 0 Å². The summed E-state index contributed by atoms with van der Waals surface area (Å²) in [6.45, 7) is 0. The van der Waals surface area contributed by atoms with Crippen molar-refractivity contribution in [2.45, 2.75) is 0 Å². The molecule has 155 valence electrons. The van der Waals surface area contributed by atoms with Crippen LogP contribution in [0.4, 0.5) is 0 Å². The fourth-order valence-corrected chi connectivity index (χ4v) is 4.68. The molecular formula is C30H21BNO. The highest BCUT2D eigenvalue weighted by molar-refractivity contribution is 6.46. The number of hydrogen-bond donors (Lipinski definition) is 1. The second-order valence-corrected chi connectivity index (χ2v) is 8.26. The molecule has 3 heteroatoms. The van der Waals surface area contributed by atoms with Gasteiger partial charge in [0.2, 0.25) is 0 Å². The van der Waals surface area contributed by atoms with Crippen LogP contribution in [0.1, 0.15) is 0 Å². The molecular weight excluding hydrogens is 401 g/mol. The van der Waals surface area contributed by atoms with E-state index in [1.165, 1.54) is 27.6 Å². The molecule has 0 bridgehead atoms. The molecule has 0 saturated carbocycles. The van der Waals surface area contributed by atoms with Gasteiger partial charge in [-0.1, -0.05) is 96.5 Å². The first-order valence-corrected chi connectivity index (χ1v) is 11.1. The molecule has 0 spiro atoms. The summed E-state index contributed by atoms with van der Waals surface area (Å²) in [5.74, 6) is 0. The van der Waals surface area contributed by atoms with Gasteiger partial charge in [0.15, 0.2) is 0 Å². The number of aromatic nitrogens is 1. The second kappa shape index (κ2) is 8.12. The molecule has 2 nitrogen and oxygen atoms in total. The van der Waals surface area contributed by atoms with Crippen LogP contribution in [0.5, 0.6) is 0 Å². The van der Waals surface area contributed by atoms with E-state index in [9.17, 15) is 5.02 Å². The van der Waals surface area contributed by atoms with E-state index in [0.717, 1.165) is 35.1 Å². The van der Waals surface area contributed by atoms with Crippen LogP contribution in [0, 0.1) is 0 Å². The Labute approximate surface area is 193 Å². The Kier molecular flexibility index (Phi) is 4.82. The summed E-state index contributed by atoms with van der Waals surface area (Å²) in [6.07, 6.45) is 0. The molecule has 6 aromatic rings. The van der Waals surface area contributed by atoms with Crippen molar-refractivity contribution in [1.29, 1.82) is 0 Å². The minimum Gasteiger partial charge on any atom is -0.450 e. The van der Waals surface area contributed by atoms with Crippen LogP contribution in [-0.2, 0) is 0 Å². The molecule has 0 saturated heterocycles. The van der Waals surface area contributed by atoms with E-state index in [0.29, 0.717) is 0 Å². The smallest absolute Gasteiger partial charge is 0.326 e. The van der Waals surface area contributed by atoms with E-state index in [-0.39, 0.29) is 0 Å². The van der Waals surface area contributed by atoms with Crippen molar-refractivity contribution < 1.29 is 5.02 Å². The summed E-state index contributed by atoms with van der Waals surface area (Å²) in [4.78, 5) is 0. The summed E-state index contributed by atoms with van der Waals surface area (Å²) in [6, 6.07) is 42.4. The lowest BCUT2D eigenvalue weighted by atomic mass is 9.88. The molecule has 0 aliphatic heterocycles. The number of hydrogen-bond acceptors (Lipinski definition) is 1.